The minimum atomic E-state index is -0.155. The lowest BCUT2D eigenvalue weighted by Gasteiger charge is -2.51. The molecule has 1 aliphatic heterocycles. The summed E-state index contributed by atoms with van der Waals surface area (Å²) in [5, 5.41) is 19.6. The number of nitrogens with two attached hydrogens (primary N) is 1. The van der Waals surface area contributed by atoms with E-state index < -0.39 is 0 Å². The van der Waals surface area contributed by atoms with Gasteiger partial charge in [0.2, 0.25) is 0 Å². The van der Waals surface area contributed by atoms with Gasteiger partial charge in [-0.2, -0.15) is 0 Å². The van der Waals surface area contributed by atoms with Gasteiger partial charge in [0.15, 0.2) is 11.5 Å². The average Bonchev–Trinajstić information content (AvgIpc) is 3.20. The number of nitrogens with zero attached hydrogens (tertiary/aromatic N) is 2. The number of phenolic OH excluding ortho intramolecular Hbond substituents is 2. The average molecular weight is 420 g/mol. The van der Waals surface area contributed by atoms with E-state index in [2.05, 4.69) is 54.9 Å². The van der Waals surface area contributed by atoms with E-state index in [1.54, 1.807) is 0 Å². The first-order valence-corrected chi connectivity index (χ1v) is 11.3. The zero-order valence-electron chi connectivity index (χ0n) is 18.8. The maximum atomic E-state index is 9.46. The molecule has 0 bridgehead atoms. The van der Waals surface area contributed by atoms with Crippen molar-refractivity contribution in [1.82, 2.24) is 4.98 Å². The molecule has 0 amide bonds. The number of aromatic hydroxyl groups is 2. The standard InChI is InChI=1S/C14H21N.C12H12N2O2/c1-4-14(5-2)10-15(11-14)13-9-7-6-8-12(13)3;13-12-6-2-1-3-8(6)14-9-5-11(16)10(15)4-7(9)12/h6-9H,4-5,10-11H2,1-3H3;4-5,15-16H,1-3H2,(H2,13,14). The molecule has 1 aromatic heterocycles. The Morgan fingerprint density at radius 2 is 1.71 bits per heavy atom. The van der Waals surface area contributed by atoms with E-state index in [-0.39, 0.29) is 11.5 Å². The second-order valence-corrected chi connectivity index (χ2v) is 9.01. The molecule has 0 spiro atoms. The molecule has 5 rings (SSSR count). The van der Waals surface area contributed by atoms with Gasteiger partial charge in [-0.15, -0.1) is 0 Å². The Kier molecular flexibility index (Phi) is 5.69. The lowest BCUT2D eigenvalue weighted by molar-refractivity contribution is 0.194. The molecule has 2 aromatic carbocycles. The van der Waals surface area contributed by atoms with Crippen molar-refractivity contribution in [1.29, 1.82) is 0 Å². The normalized spacial score (nSPS) is 16.4. The van der Waals surface area contributed by atoms with Gasteiger partial charge < -0.3 is 20.8 Å². The van der Waals surface area contributed by atoms with Crippen molar-refractivity contribution in [2.45, 2.75) is 52.9 Å². The second kappa shape index (κ2) is 8.29. The summed E-state index contributed by atoms with van der Waals surface area (Å²) in [6.07, 6.45) is 5.58. The number of pyridine rings is 1. The number of aromatic nitrogens is 1. The smallest absolute Gasteiger partial charge is 0.159 e. The second-order valence-electron chi connectivity index (χ2n) is 9.01. The topological polar surface area (TPSA) is 82.6 Å². The number of rotatable bonds is 3. The molecule has 0 radical (unpaired) electrons. The molecule has 164 valence electrons. The molecule has 2 aliphatic rings. The Labute approximate surface area is 184 Å². The van der Waals surface area contributed by atoms with E-state index in [9.17, 15) is 10.2 Å². The van der Waals surface area contributed by atoms with E-state index in [0.717, 1.165) is 35.9 Å². The lowest BCUT2D eigenvalue weighted by atomic mass is 9.75. The Hall–Kier alpha value is -2.95. The molecule has 0 saturated carbocycles. The number of anilines is 2. The van der Waals surface area contributed by atoms with Crippen LogP contribution in [0.3, 0.4) is 0 Å². The number of para-hydroxylation sites is 1. The zero-order chi connectivity index (χ0) is 22.2. The number of phenols is 2. The maximum Gasteiger partial charge on any atom is 0.159 e. The number of aryl methyl sites for hydroxylation is 2. The van der Waals surface area contributed by atoms with Crippen molar-refractivity contribution >= 4 is 22.3 Å². The molecule has 2 heterocycles. The molecule has 1 fully saturated rings. The molecule has 5 heteroatoms. The fraction of sp³-hybridized carbons (Fsp3) is 0.423. The molecule has 1 saturated heterocycles. The molecule has 3 aromatic rings. The number of fused-ring (bicyclic) bond motifs is 2. The fourth-order valence-electron chi connectivity index (χ4n) is 4.87. The minimum absolute atomic E-state index is 0.154. The number of hydrogen-bond acceptors (Lipinski definition) is 5. The predicted molar refractivity (Wildman–Crippen MR) is 128 cm³/mol. The van der Waals surface area contributed by atoms with Crippen molar-refractivity contribution in [2.75, 3.05) is 23.7 Å². The Morgan fingerprint density at radius 3 is 2.39 bits per heavy atom. The van der Waals surface area contributed by atoms with Crippen LogP contribution < -0.4 is 10.6 Å². The van der Waals surface area contributed by atoms with Gasteiger partial charge in [0.25, 0.3) is 0 Å². The first-order valence-electron chi connectivity index (χ1n) is 11.3. The van der Waals surface area contributed by atoms with Crippen LogP contribution in [0.1, 0.15) is 49.9 Å². The quantitative estimate of drug-likeness (QED) is 0.499. The summed E-state index contributed by atoms with van der Waals surface area (Å²) in [5.74, 6) is -0.309. The SMILES string of the molecule is CCC1(CC)CN(c2ccccc2C)C1.Nc1c2c(nc3cc(O)c(O)cc13)CCC2. The minimum Gasteiger partial charge on any atom is -0.504 e. The van der Waals surface area contributed by atoms with Gasteiger partial charge in [-0.05, 0) is 62.3 Å². The van der Waals surface area contributed by atoms with E-state index in [0.29, 0.717) is 16.6 Å². The van der Waals surface area contributed by atoms with E-state index in [4.69, 9.17) is 5.73 Å². The number of hydrogen-bond donors (Lipinski definition) is 3. The van der Waals surface area contributed by atoms with Gasteiger partial charge >= 0.3 is 0 Å². The van der Waals surface area contributed by atoms with Gasteiger partial charge in [-0.1, -0.05) is 32.0 Å². The summed E-state index contributed by atoms with van der Waals surface area (Å²) < 4.78 is 0. The highest BCUT2D eigenvalue weighted by Crippen LogP contribution is 2.40. The first-order chi connectivity index (χ1) is 14.9. The van der Waals surface area contributed by atoms with Crippen molar-refractivity contribution in [3.63, 3.8) is 0 Å². The summed E-state index contributed by atoms with van der Waals surface area (Å²) >= 11 is 0. The molecule has 0 unspecified atom stereocenters. The molecule has 4 N–H and O–H groups in total. The summed E-state index contributed by atoms with van der Waals surface area (Å²) in [6, 6.07) is 11.6. The van der Waals surface area contributed by atoms with Crippen molar-refractivity contribution in [3.05, 3.63) is 53.2 Å². The predicted octanol–water partition coefficient (Wildman–Crippen LogP) is 5.34. The Bertz CT molecular complexity index is 1100. The lowest BCUT2D eigenvalue weighted by Crippen LogP contribution is -2.56. The van der Waals surface area contributed by atoms with Crippen LogP contribution in [0, 0.1) is 12.3 Å². The van der Waals surface area contributed by atoms with Crippen LogP contribution in [-0.4, -0.2) is 28.3 Å². The molecular weight excluding hydrogens is 386 g/mol. The van der Waals surface area contributed by atoms with Crippen LogP contribution in [0.5, 0.6) is 11.5 Å². The summed E-state index contributed by atoms with van der Waals surface area (Å²) in [4.78, 5) is 6.98. The molecule has 0 atom stereocenters. The zero-order valence-corrected chi connectivity index (χ0v) is 18.8. The highest BCUT2D eigenvalue weighted by Gasteiger charge is 2.40. The van der Waals surface area contributed by atoms with Gasteiger partial charge in [0.1, 0.15) is 0 Å². The number of benzene rings is 2. The van der Waals surface area contributed by atoms with Crippen molar-refractivity contribution in [2.24, 2.45) is 5.41 Å². The molecule has 1 aliphatic carbocycles. The van der Waals surface area contributed by atoms with Gasteiger partial charge in [-0.3, -0.25) is 4.98 Å². The third-order valence-electron chi connectivity index (χ3n) is 7.16. The van der Waals surface area contributed by atoms with Gasteiger partial charge in [-0.25, -0.2) is 0 Å². The highest BCUT2D eigenvalue weighted by atomic mass is 16.3. The van der Waals surface area contributed by atoms with E-state index >= 15 is 0 Å². The summed E-state index contributed by atoms with van der Waals surface area (Å²) in [7, 11) is 0. The van der Waals surface area contributed by atoms with Crippen LogP contribution in [-0.2, 0) is 12.8 Å². The monoisotopic (exact) mass is 419 g/mol. The summed E-state index contributed by atoms with van der Waals surface area (Å²) in [6.45, 7) is 9.32. The van der Waals surface area contributed by atoms with Gasteiger partial charge in [0, 0.05) is 47.0 Å². The van der Waals surface area contributed by atoms with Gasteiger partial charge in [0.05, 0.1) is 5.52 Å². The van der Waals surface area contributed by atoms with Crippen LogP contribution in [0.25, 0.3) is 10.9 Å². The van der Waals surface area contributed by atoms with Crippen molar-refractivity contribution in [3.8, 4) is 11.5 Å². The summed E-state index contributed by atoms with van der Waals surface area (Å²) in [5.41, 5.74) is 12.9. The fourth-order valence-corrected chi connectivity index (χ4v) is 4.87. The van der Waals surface area contributed by atoms with Crippen LogP contribution >= 0.6 is 0 Å². The van der Waals surface area contributed by atoms with Crippen LogP contribution in [0.2, 0.25) is 0 Å². The van der Waals surface area contributed by atoms with Crippen LogP contribution in [0.4, 0.5) is 11.4 Å². The highest BCUT2D eigenvalue weighted by molar-refractivity contribution is 5.94. The third-order valence-corrected chi connectivity index (χ3v) is 7.16. The first kappa shape index (κ1) is 21.3. The Balaban J connectivity index is 0.000000150. The van der Waals surface area contributed by atoms with E-state index in [1.807, 2.05) is 0 Å². The third kappa shape index (κ3) is 3.89. The largest absolute Gasteiger partial charge is 0.504 e. The van der Waals surface area contributed by atoms with Crippen molar-refractivity contribution < 1.29 is 10.2 Å². The maximum absolute atomic E-state index is 9.46. The molecular formula is C26H33N3O2. The van der Waals surface area contributed by atoms with Crippen LogP contribution in [0.15, 0.2) is 36.4 Å². The molecule has 5 nitrogen and oxygen atoms in total. The molecule has 31 heavy (non-hydrogen) atoms. The number of nitrogen functional groups attached to an aromatic ring is 1. The van der Waals surface area contributed by atoms with E-state index in [1.165, 1.54) is 49.3 Å². The Morgan fingerprint density at radius 1 is 1.03 bits per heavy atom.